The van der Waals surface area contributed by atoms with Gasteiger partial charge in [-0.25, -0.2) is 13.5 Å². The predicted molar refractivity (Wildman–Crippen MR) is 109 cm³/mol. The van der Waals surface area contributed by atoms with E-state index in [1.807, 2.05) is 18.2 Å². The van der Waals surface area contributed by atoms with Gasteiger partial charge in [0.2, 0.25) is 5.91 Å². The number of anilines is 1. The number of nitrogens with zero attached hydrogens (tertiary/aromatic N) is 2. The van der Waals surface area contributed by atoms with E-state index in [9.17, 15) is 13.6 Å². The van der Waals surface area contributed by atoms with Gasteiger partial charge in [-0.05, 0) is 42.8 Å². The molecular weight excluding hydrogens is 404 g/mol. The Balaban J connectivity index is 1.61. The van der Waals surface area contributed by atoms with Crippen molar-refractivity contribution < 1.29 is 13.6 Å². The summed E-state index contributed by atoms with van der Waals surface area (Å²) in [4.78, 5) is 12.3. The summed E-state index contributed by atoms with van der Waals surface area (Å²) < 4.78 is 28.7. The molecule has 0 saturated heterocycles. The normalized spacial score (nSPS) is 10.9. The summed E-state index contributed by atoms with van der Waals surface area (Å²) in [6.07, 6.45) is 1.58. The van der Waals surface area contributed by atoms with Crippen LogP contribution in [0.1, 0.15) is 16.7 Å². The molecule has 146 valence electrons. The molecule has 1 amide bonds. The molecule has 1 N–H and O–H groups in total. The van der Waals surface area contributed by atoms with Gasteiger partial charge < -0.3 is 5.32 Å². The number of hydrogen-bond acceptors (Lipinski definition) is 3. The van der Waals surface area contributed by atoms with Crippen molar-refractivity contribution >= 4 is 35.1 Å². The molecule has 0 fully saturated rings. The lowest BCUT2D eigenvalue weighted by Crippen LogP contribution is -2.19. The van der Waals surface area contributed by atoms with E-state index in [1.165, 1.54) is 16.4 Å². The average molecular weight is 422 g/mol. The molecular formula is C20H18ClF2N3OS. The van der Waals surface area contributed by atoms with E-state index in [1.54, 1.807) is 19.2 Å². The van der Waals surface area contributed by atoms with E-state index >= 15 is 0 Å². The Bertz CT molecular complexity index is 993. The van der Waals surface area contributed by atoms with Crippen LogP contribution in [0.4, 0.5) is 14.6 Å². The Labute approximate surface area is 170 Å². The monoisotopic (exact) mass is 421 g/mol. The third-order valence-electron chi connectivity index (χ3n) is 4.00. The first-order valence-corrected chi connectivity index (χ1v) is 10.0. The molecule has 0 radical (unpaired) electrons. The fourth-order valence-corrected chi connectivity index (χ4v) is 3.63. The highest BCUT2D eigenvalue weighted by Crippen LogP contribution is 2.20. The van der Waals surface area contributed by atoms with Gasteiger partial charge in [-0.3, -0.25) is 4.79 Å². The maximum Gasteiger partial charge on any atom is 0.235 e. The van der Waals surface area contributed by atoms with Crippen molar-refractivity contribution in [3.63, 3.8) is 0 Å². The maximum atomic E-state index is 13.9. The standard InChI is InChI=1S/C20H18ClF2N3OS/c1-13-9-24-26(10-15-8-17(22)5-6-18(15)23)20(13)25-19(27)12-28-11-14-3-2-4-16(21)7-14/h2-9H,10-12H2,1H3,(H,25,27). The molecule has 0 atom stereocenters. The van der Waals surface area contributed by atoms with Gasteiger partial charge in [0.05, 0.1) is 18.5 Å². The minimum atomic E-state index is -0.525. The highest BCUT2D eigenvalue weighted by Gasteiger charge is 2.14. The summed E-state index contributed by atoms with van der Waals surface area (Å²) in [5.41, 5.74) is 1.94. The summed E-state index contributed by atoms with van der Waals surface area (Å²) in [5, 5.41) is 7.63. The van der Waals surface area contributed by atoms with Crippen LogP contribution in [-0.2, 0) is 17.1 Å². The first-order chi connectivity index (χ1) is 13.4. The quantitative estimate of drug-likeness (QED) is 0.581. The topological polar surface area (TPSA) is 46.9 Å². The zero-order valence-electron chi connectivity index (χ0n) is 15.1. The minimum absolute atomic E-state index is 0.0166. The van der Waals surface area contributed by atoms with Gasteiger partial charge in [-0.1, -0.05) is 23.7 Å². The van der Waals surface area contributed by atoms with Gasteiger partial charge >= 0.3 is 0 Å². The van der Waals surface area contributed by atoms with Gasteiger partial charge in [-0.2, -0.15) is 5.10 Å². The van der Waals surface area contributed by atoms with Gasteiger partial charge in [-0.15, -0.1) is 11.8 Å². The molecule has 3 aromatic rings. The molecule has 4 nitrogen and oxygen atoms in total. The number of benzene rings is 2. The number of aryl methyl sites for hydroxylation is 1. The number of hydrogen-bond donors (Lipinski definition) is 1. The zero-order valence-corrected chi connectivity index (χ0v) is 16.7. The lowest BCUT2D eigenvalue weighted by atomic mass is 10.2. The summed E-state index contributed by atoms with van der Waals surface area (Å²) >= 11 is 7.41. The van der Waals surface area contributed by atoms with Crippen LogP contribution in [0.3, 0.4) is 0 Å². The number of halogens is 3. The van der Waals surface area contributed by atoms with Crippen molar-refractivity contribution in [1.29, 1.82) is 0 Å². The van der Waals surface area contributed by atoms with E-state index in [-0.39, 0.29) is 23.8 Å². The summed E-state index contributed by atoms with van der Waals surface area (Å²) in [6.45, 7) is 1.81. The number of carbonyl (C=O) groups is 1. The SMILES string of the molecule is Cc1cnn(Cc2cc(F)ccc2F)c1NC(=O)CSCc1cccc(Cl)c1. The Morgan fingerprint density at radius 3 is 2.86 bits per heavy atom. The fourth-order valence-electron chi connectivity index (χ4n) is 2.64. The first kappa shape index (κ1) is 20.4. The van der Waals surface area contributed by atoms with Gasteiger partial charge in [0.1, 0.15) is 17.5 Å². The van der Waals surface area contributed by atoms with E-state index in [0.29, 0.717) is 16.6 Å². The van der Waals surface area contributed by atoms with Crippen molar-refractivity contribution in [3.8, 4) is 0 Å². The number of aromatic nitrogens is 2. The van der Waals surface area contributed by atoms with Gasteiger partial charge in [0, 0.05) is 21.9 Å². The molecule has 0 spiro atoms. The minimum Gasteiger partial charge on any atom is -0.310 e. The summed E-state index contributed by atoms with van der Waals surface area (Å²) in [7, 11) is 0. The lowest BCUT2D eigenvalue weighted by molar-refractivity contribution is -0.113. The Morgan fingerprint density at radius 2 is 2.07 bits per heavy atom. The van der Waals surface area contributed by atoms with Crippen LogP contribution in [-0.4, -0.2) is 21.4 Å². The molecule has 0 aliphatic heterocycles. The maximum absolute atomic E-state index is 13.9. The first-order valence-electron chi connectivity index (χ1n) is 8.51. The Morgan fingerprint density at radius 1 is 1.25 bits per heavy atom. The lowest BCUT2D eigenvalue weighted by Gasteiger charge is -2.11. The van der Waals surface area contributed by atoms with Crippen LogP contribution >= 0.6 is 23.4 Å². The largest absolute Gasteiger partial charge is 0.310 e. The van der Waals surface area contributed by atoms with Crippen LogP contribution in [0.15, 0.2) is 48.7 Å². The van der Waals surface area contributed by atoms with Crippen molar-refractivity contribution in [1.82, 2.24) is 9.78 Å². The second-order valence-electron chi connectivity index (χ2n) is 6.24. The number of rotatable bonds is 7. The van der Waals surface area contributed by atoms with Gasteiger partial charge in [0.15, 0.2) is 0 Å². The second kappa shape index (κ2) is 9.21. The molecule has 28 heavy (non-hydrogen) atoms. The zero-order chi connectivity index (χ0) is 20.1. The molecule has 0 saturated carbocycles. The molecule has 0 bridgehead atoms. The number of nitrogens with one attached hydrogen (secondary N) is 1. The molecule has 1 heterocycles. The van der Waals surface area contributed by atoms with Crippen LogP contribution in [0, 0.1) is 18.6 Å². The van der Waals surface area contributed by atoms with Gasteiger partial charge in [0.25, 0.3) is 0 Å². The van der Waals surface area contributed by atoms with Crippen molar-refractivity contribution in [2.45, 2.75) is 19.2 Å². The molecule has 1 aromatic heterocycles. The second-order valence-corrected chi connectivity index (χ2v) is 7.66. The summed E-state index contributed by atoms with van der Waals surface area (Å²) in [6, 6.07) is 10.7. The molecule has 0 unspecified atom stereocenters. The van der Waals surface area contributed by atoms with E-state index in [0.717, 1.165) is 29.3 Å². The van der Waals surface area contributed by atoms with E-state index in [4.69, 9.17) is 11.6 Å². The molecule has 0 aliphatic rings. The number of thioether (sulfide) groups is 1. The van der Waals surface area contributed by atoms with Crippen molar-refractivity contribution in [3.05, 3.63) is 82.0 Å². The third kappa shape index (κ3) is 5.33. The predicted octanol–water partition coefficient (Wildman–Crippen LogP) is 5.04. The molecule has 3 rings (SSSR count). The molecule has 2 aromatic carbocycles. The third-order valence-corrected chi connectivity index (χ3v) is 5.24. The van der Waals surface area contributed by atoms with Crippen LogP contribution in [0.2, 0.25) is 5.02 Å². The van der Waals surface area contributed by atoms with E-state index < -0.39 is 11.6 Å². The highest BCUT2D eigenvalue weighted by molar-refractivity contribution is 7.99. The highest BCUT2D eigenvalue weighted by atomic mass is 35.5. The van der Waals surface area contributed by atoms with Crippen molar-refractivity contribution in [2.24, 2.45) is 0 Å². The Kier molecular flexibility index (Phi) is 6.70. The van der Waals surface area contributed by atoms with Crippen LogP contribution in [0.5, 0.6) is 0 Å². The molecule has 0 aliphatic carbocycles. The van der Waals surface area contributed by atoms with Crippen LogP contribution < -0.4 is 5.32 Å². The smallest absolute Gasteiger partial charge is 0.235 e. The Hall–Kier alpha value is -2.38. The number of amides is 1. The number of carbonyl (C=O) groups excluding carboxylic acids is 1. The fraction of sp³-hybridized carbons (Fsp3) is 0.200. The summed E-state index contributed by atoms with van der Waals surface area (Å²) in [5.74, 6) is 0.118. The average Bonchev–Trinajstić information content (AvgIpc) is 2.98. The van der Waals surface area contributed by atoms with E-state index in [2.05, 4.69) is 10.4 Å². The molecule has 8 heteroatoms. The van der Waals surface area contributed by atoms with Crippen molar-refractivity contribution in [2.75, 3.05) is 11.1 Å². The van der Waals surface area contributed by atoms with Crippen LogP contribution in [0.25, 0.3) is 0 Å².